The molecule has 0 bridgehead atoms. The summed E-state index contributed by atoms with van der Waals surface area (Å²) in [7, 11) is 1.97. The Labute approximate surface area is 116 Å². The molecule has 1 aromatic rings. The lowest BCUT2D eigenvalue weighted by Gasteiger charge is -2.33. The van der Waals surface area contributed by atoms with Crippen LogP contribution in [0.4, 0.5) is 5.82 Å². The Hall–Kier alpha value is -1.13. The van der Waals surface area contributed by atoms with E-state index in [2.05, 4.69) is 41.2 Å². The molecule has 0 aromatic carbocycles. The van der Waals surface area contributed by atoms with Crippen LogP contribution in [-0.4, -0.2) is 37.8 Å². The summed E-state index contributed by atoms with van der Waals surface area (Å²) in [6.07, 6.45) is 2.70. The second-order valence-corrected chi connectivity index (χ2v) is 5.17. The summed E-state index contributed by atoms with van der Waals surface area (Å²) in [5.41, 5.74) is 2.38. The molecule has 0 amide bonds. The van der Waals surface area contributed by atoms with Crippen molar-refractivity contribution in [3.8, 4) is 0 Å². The van der Waals surface area contributed by atoms with E-state index in [0.717, 1.165) is 37.8 Å². The standard InChI is InChI=1S/C15H25N3O/c1-4-19-14-6-5-7-18(11-14)15-9-13(10-16-3)8-12(2)17-15/h8-9,14,16H,4-7,10-11H2,1-3H3. The zero-order chi connectivity index (χ0) is 13.7. The number of hydrogen-bond donors (Lipinski definition) is 1. The van der Waals surface area contributed by atoms with Crippen molar-refractivity contribution in [2.75, 3.05) is 31.6 Å². The molecule has 2 rings (SSSR count). The molecule has 0 aliphatic carbocycles. The smallest absolute Gasteiger partial charge is 0.129 e. The number of aryl methyl sites for hydroxylation is 1. The third kappa shape index (κ3) is 3.91. The van der Waals surface area contributed by atoms with Crippen molar-refractivity contribution in [2.45, 2.75) is 39.3 Å². The van der Waals surface area contributed by atoms with Gasteiger partial charge >= 0.3 is 0 Å². The van der Waals surface area contributed by atoms with Gasteiger partial charge in [-0.2, -0.15) is 0 Å². The molecule has 1 aliphatic rings. The first-order valence-corrected chi connectivity index (χ1v) is 7.21. The Bertz CT molecular complexity index is 406. The van der Waals surface area contributed by atoms with Gasteiger partial charge in [0.15, 0.2) is 0 Å². The number of nitrogens with one attached hydrogen (secondary N) is 1. The van der Waals surface area contributed by atoms with E-state index in [1.165, 1.54) is 18.4 Å². The van der Waals surface area contributed by atoms with E-state index < -0.39 is 0 Å². The number of ether oxygens (including phenoxy) is 1. The van der Waals surface area contributed by atoms with Gasteiger partial charge in [0.25, 0.3) is 0 Å². The summed E-state index contributed by atoms with van der Waals surface area (Å²) in [5, 5.41) is 3.20. The van der Waals surface area contributed by atoms with Crippen molar-refractivity contribution in [1.82, 2.24) is 10.3 Å². The lowest BCUT2D eigenvalue weighted by molar-refractivity contribution is 0.0525. The molecule has 1 fully saturated rings. The fraction of sp³-hybridized carbons (Fsp3) is 0.667. The van der Waals surface area contributed by atoms with Crippen molar-refractivity contribution in [2.24, 2.45) is 0 Å². The SMILES string of the molecule is CCOC1CCCN(c2cc(CNC)cc(C)n2)C1. The van der Waals surface area contributed by atoms with E-state index in [1.54, 1.807) is 0 Å². The highest BCUT2D eigenvalue weighted by atomic mass is 16.5. The van der Waals surface area contributed by atoms with Crippen LogP contribution in [-0.2, 0) is 11.3 Å². The molecule has 1 saturated heterocycles. The van der Waals surface area contributed by atoms with Gasteiger partial charge in [-0.05, 0) is 51.4 Å². The molecule has 1 unspecified atom stereocenters. The maximum absolute atomic E-state index is 5.76. The van der Waals surface area contributed by atoms with Crippen molar-refractivity contribution in [3.63, 3.8) is 0 Å². The van der Waals surface area contributed by atoms with E-state index in [4.69, 9.17) is 4.74 Å². The van der Waals surface area contributed by atoms with Crippen LogP contribution in [0.2, 0.25) is 0 Å². The lowest BCUT2D eigenvalue weighted by Crippen LogP contribution is -2.40. The van der Waals surface area contributed by atoms with Crippen molar-refractivity contribution < 1.29 is 4.74 Å². The highest BCUT2D eigenvalue weighted by Crippen LogP contribution is 2.21. The van der Waals surface area contributed by atoms with Gasteiger partial charge in [0, 0.05) is 31.9 Å². The largest absolute Gasteiger partial charge is 0.377 e. The summed E-state index contributed by atoms with van der Waals surface area (Å²) < 4.78 is 5.76. The molecular formula is C15H25N3O. The number of aromatic nitrogens is 1. The van der Waals surface area contributed by atoms with Gasteiger partial charge in [0.2, 0.25) is 0 Å². The van der Waals surface area contributed by atoms with E-state index in [1.807, 2.05) is 7.05 Å². The number of anilines is 1. The van der Waals surface area contributed by atoms with Crippen molar-refractivity contribution in [3.05, 3.63) is 23.4 Å². The first-order chi connectivity index (χ1) is 9.22. The summed E-state index contributed by atoms with van der Waals surface area (Å²) in [6, 6.07) is 4.34. The van der Waals surface area contributed by atoms with Gasteiger partial charge in [-0.3, -0.25) is 0 Å². The van der Waals surface area contributed by atoms with Crippen LogP contribution >= 0.6 is 0 Å². The normalized spacial score (nSPS) is 19.7. The molecule has 4 heteroatoms. The minimum atomic E-state index is 0.355. The predicted molar refractivity (Wildman–Crippen MR) is 78.6 cm³/mol. The van der Waals surface area contributed by atoms with Gasteiger partial charge in [-0.1, -0.05) is 0 Å². The van der Waals surface area contributed by atoms with E-state index in [9.17, 15) is 0 Å². The van der Waals surface area contributed by atoms with Crippen LogP contribution in [0.15, 0.2) is 12.1 Å². The molecule has 1 atom stereocenters. The number of pyridine rings is 1. The Balaban J connectivity index is 2.11. The Morgan fingerprint density at radius 3 is 3.05 bits per heavy atom. The molecule has 19 heavy (non-hydrogen) atoms. The maximum atomic E-state index is 5.76. The van der Waals surface area contributed by atoms with Gasteiger partial charge in [-0.25, -0.2) is 4.98 Å². The molecule has 1 N–H and O–H groups in total. The Kier molecular flexibility index (Phi) is 5.16. The minimum absolute atomic E-state index is 0.355. The first kappa shape index (κ1) is 14.3. The van der Waals surface area contributed by atoms with Crippen LogP contribution in [0.5, 0.6) is 0 Å². The quantitative estimate of drug-likeness (QED) is 0.883. The summed E-state index contributed by atoms with van der Waals surface area (Å²) >= 11 is 0. The monoisotopic (exact) mass is 263 g/mol. The van der Waals surface area contributed by atoms with E-state index in [-0.39, 0.29) is 0 Å². The third-order valence-corrected chi connectivity index (χ3v) is 3.49. The lowest BCUT2D eigenvalue weighted by atomic mass is 10.1. The molecule has 0 radical (unpaired) electrons. The Morgan fingerprint density at radius 1 is 1.47 bits per heavy atom. The van der Waals surface area contributed by atoms with Crippen molar-refractivity contribution in [1.29, 1.82) is 0 Å². The summed E-state index contributed by atoms with van der Waals surface area (Å²) in [6.45, 7) is 7.85. The number of piperidine rings is 1. The first-order valence-electron chi connectivity index (χ1n) is 7.21. The summed E-state index contributed by atoms with van der Waals surface area (Å²) in [4.78, 5) is 7.03. The van der Waals surface area contributed by atoms with Crippen LogP contribution in [0.25, 0.3) is 0 Å². The number of nitrogens with zero attached hydrogens (tertiary/aromatic N) is 2. The highest BCUT2D eigenvalue weighted by Gasteiger charge is 2.21. The third-order valence-electron chi connectivity index (χ3n) is 3.49. The van der Waals surface area contributed by atoms with Crippen LogP contribution < -0.4 is 10.2 Å². The topological polar surface area (TPSA) is 37.4 Å². The second kappa shape index (κ2) is 6.87. The molecule has 1 aliphatic heterocycles. The van der Waals surface area contributed by atoms with Gasteiger partial charge < -0.3 is 15.0 Å². The van der Waals surface area contributed by atoms with E-state index >= 15 is 0 Å². The average Bonchev–Trinajstić information content (AvgIpc) is 2.39. The highest BCUT2D eigenvalue weighted by molar-refractivity contribution is 5.43. The summed E-state index contributed by atoms with van der Waals surface area (Å²) in [5.74, 6) is 1.09. The average molecular weight is 263 g/mol. The molecular weight excluding hydrogens is 238 g/mol. The van der Waals surface area contributed by atoms with E-state index in [0.29, 0.717) is 6.10 Å². The van der Waals surface area contributed by atoms with Crippen molar-refractivity contribution >= 4 is 5.82 Å². The second-order valence-electron chi connectivity index (χ2n) is 5.17. The molecule has 1 aromatic heterocycles. The predicted octanol–water partition coefficient (Wildman–Crippen LogP) is 2.11. The fourth-order valence-corrected chi connectivity index (χ4v) is 2.71. The molecule has 106 valence electrons. The van der Waals surface area contributed by atoms with Gasteiger partial charge in [0.05, 0.1) is 6.10 Å². The maximum Gasteiger partial charge on any atom is 0.129 e. The molecule has 4 nitrogen and oxygen atoms in total. The zero-order valence-electron chi connectivity index (χ0n) is 12.3. The zero-order valence-corrected chi connectivity index (χ0v) is 12.3. The minimum Gasteiger partial charge on any atom is -0.377 e. The van der Waals surface area contributed by atoms with Crippen LogP contribution in [0.1, 0.15) is 31.0 Å². The molecule has 0 saturated carbocycles. The van der Waals surface area contributed by atoms with Crippen LogP contribution in [0.3, 0.4) is 0 Å². The van der Waals surface area contributed by atoms with Gasteiger partial charge in [-0.15, -0.1) is 0 Å². The van der Waals surface area contributed by atoms with Crippen LogP contribution in [0, 0.1) is 6.92 Å². The van der Waals surface area contributed by atoms with Gasteiger partial charge in [0.1, 0.15) is 5.82 Å². The molecule has 2 heterocycles. The Morgan fingerprint density at radius 2 is 2.32 bits per heavy atom. The number of hydrogen-bond acceptors (Lipinski definition) is 4. The molecule has 0 spiro atoms. The fourth-order valence-electron chi connectivity index (χ4n) is 2.71. The number of rotatable bonds is 5.